The number of imidazole rings is 2. The van der Waals surface area contributed by atoms with E-state index >= 15 is 4.39 Å². The number of H-pyrrole nitrogens is 2. The number of hydrogen-bond acceptors (Lipinski definition) is 4. The molecule has 6 nitrogen and oxygen atoms in total. The SMILES string of the molecule is Fc1cc(-c2ccc(-c3c[nH]c([C@@H]4CC(F)(F)CN4)n3)cc2)ccc1-c1cnc([C@@H]2CCCN2)[nH]1. The summed E-state index contributed by atoms with van der Waals surface area (Å²) in [6, 6.07) is 12.5. The van der Waals surface area contributed by atoms with Crippen molar-refractivity contribution in [3.05, 3.63) is 72.3 Å². The van der Waals surface area contributed by atoms with Crippen LogP contribution in [0.4, 0.5) is 13.2 Å². The molecular formula is C26H25F3N6. The summed E-state index contributed by atoms with van der Waals surface area (Å²) < 4.78 is 42.0. The minimum absolute atomic E-state index is 0.200. The Hall–Kier alpha value is -3.43. The zero-order chi connectivity index (χ0) is 24.0. The fourth-order valence-electron chi connectivity index (χ4n) is 4.89. The van der Waals surface area contributed by atoms with Crippen molar-refractivity contribution in [3.63, 3.8) is 0 Å². The highest BCUT2D eigenvalue weighted by Crippen LogP contribution is 2.34. The molecule has 2 aromatic carbocycles. The summed E-state index contributed by atoms with van der Waals surface area (Å²) >= 11 is 0. The Labute approximate surface area is 200 Å². The molecule has 2 atom stereocenters. The maximum Gasteiger partial charge on any atom is 0.262 e. The first kappa shape index (κ1) is 22.1. The predicted molar refractivity (Wildman–Crippen MR) is 127 cm³/mol. The Morgan fingerprint density at radius 1 is 0.914 bits per heavy atom. The van der Waals surface area contributed by atoms with E-state index in [1.54, 1.807) is 18.5 Å². The van der Waals surface area contributed by atoms with Gasteiger partial charge in [0.05, 0.1) is 36.2 Å². The van der Waals surface area contributed by atoms with Crippen molar-refractivity contribution < 1.29 is 13.2 Å². The molecule has 4 N–H and O–H groups in total. The van der Waals surface area contributed by atoms with Crippen molar-refractivity contribution in [1.82, 2.24) is 30.6 Å². The number of nitrogens with one attached hydrogen (secondary N) is 4. The third-order valence-corrected chi connectivity index (χ3v) is 6.80. The molecule has 2 saturated heterocycles. The Morgan fingerprint density at radius 3 is 2.43 bits per heavy atom. The Morgan fingerprint density at radius 2 is 1.71 bits per heavy atom. The van der Waals surface area contributed by atoms with Gasteiger partial charge in [0.15, 0.2) is 0 Å². The lowest BCUT2D eigenvalue weighted by atomic mass is 10.0. The van der Waals surface area contributed by atoms with E-state index in [4.69, 9.17) is 0 Å². The Balaban J connectivity index is 1.18. The summed E-state index contributed by atoms with van der Waals surface area (Å²) in [6.07, 6.45) is 5.27. The number of aromatic nitrogens is 4. The van der Waals surface area contributed by atoms with Gasteiger partial charge < -0.3 is 20.6 Å². The number of halogens is 3. The summed E-state index contributed by atoms with van der Waals surface area (Å²) in [7, 11) is 0. The smallest absolute Gasteiger partial charge is 0.262 e. The normalized spacial score (nSPS) is 21.6. The van der Waals surface area contributed by atoms with Crippen LogP contribution >= 0.6 is 0 Å². The van der Waals surface area contributed by atoms with Gasteiger partial charge >= 0.3 is 0 Å². The highest BCUT2D eigenvalue weighted by atomic mass is 19.3. The predicted octanol–water partition coefficient (Wildman–Crippen LogP) is 5.37. The van der Waals surface area contributed by atoms with Crippen molar-refractivity contribution >= 4 is 0 Å². The lowest BCUT2D eigenvalue weighted by molar-refractivity contribution is 0.0208. The summed E-state index contributed by atoms with van der Waals surface area (Å²) in [5.74, 6) is -1.68. The van der Waals surface area contributed by atoms with Crippen molar-refractivity contribution in [3.8, 4) is 33.6 Å². The molecule has 0 unspecified atom stereocenters. The number of benzene rings is 2. The zero-order valence-corrected chi connectivity index (χ0v) is 18.9. The minimum Gasteiger partial charge on any atom is -0.347 e. The van der Waals surface area contributed by atoms with E-state index in [-0.39, 0.29) is 24.8 Å². The van der Waals surface area contributed by atoms with Crippen LogP contribution in [0, 0.1) is 5.82 Å². The van der Waals surface area contributed by atoms with Crippen LogP contribution in [-0.2, 0) is 0 Å². The molecule has 0 saturated carbocycles. The van der Waals surface area contributed by atoms with Crippen molar-refractivity contribution in [2.45, 2.75) is 37.3 Å². The van der Waals surface area contributed by atoms with Crippen LogP contribution in [0.2, 0.25) is 0 Å². The highest BCUT2D eigenvalue weighted by molar-refractivity contribution is 5.72. The molecule has 0 spiro atoms. The second-order valence-corrected chi connectivity index (χ2v) is 9.27. The third kappa shape index (κ3) is 4.37. The largest absolute Gasteiger partial charge is 0.347 e. The molecule has 0 bridgehead atoms. The molecule has 0 aliphatic carbocycles. The number of aromatic amines is 2. The first-order valence-electron chi connectivity index (χ1n) is 11.8. The van der Waals surface area contributed by atoms with Crippen molar-refractivity contribution in [2.24, 2.45) is 0 Å². The number of alkyl halides is 2. The lowest BCUT2D eigenvalue weighted by Gasteiger charge is -2.08. The van der Waals surface area contributed by atoms with Crippen LogP contribution in [0.1, 0.15) is 43.0 Å². The molecule has 2 aliphatic heterocycles. The van der Waals surface area contributed by atoms with Gasteiger partial charge in [-0.05, 0) is 42.6 Å². The van der Waals surface area contributed by atoms with Crippen LogP contribution in [0.15, 0.2) is 54.9 Å². The zero-order valence-electron chi connectivity index (χ0n) is 18.9. The number of hydrogen-bond donors (Lipinski definition) is 4. The highest BCUT2D eigenvalue weighted by Gasteiger charge is 2.41. The van der Waals surface area contributed by atoms with Crippen molar-refractivity contribution in [2.75, 3.05) is 13.1 Å². The number of rotatable bonds is 5. The molecule has 4 aromatic rings. The Kier molecular flexibility index (Phi) is 5.46. The number of nitrogens with zero attached hydrogens (tertiary/aromatic N) is 2. The summed E-state index contributed by atoms with van der Waals surface area (Å²) in [6.45, 7) is 0.636. The average Bonchev–Trinajstić information content (AvgIpc) is 3.65. The van der Waals surface area contributed by atoms with Crippen LogP contribution in [-0.4, -0.2) is 38.9 Å². The molecule has 2 fully saturated rings. The Bertz CT molecular complexity index is 1340. The average molecular weight is 479 g/mol. The fraction of sp³-hybridized carbons (Fsp3) is 0.308. The van der Waals surface area contributed by atoms with Crippen LogP contribution in [0.25, 0.3) is 33.6 Å². The fourth-order valence-corrected chi connectivity index (χ4v) is 4.89. The summed E-state index contributed by atoms with van der Waals surface area (Å²) in [4.78, 5) is 15.2. The van der Waals surface area contributed by atoms with Crippen molar-refractivity contribution in [1.29, 1.82) is 0 Å². The summed E-state index contributed by atoms with van der Waals surface area (Å²) in [5, 5.41) is 6.20. The molecule has 9 heteroatoms. The molecule has 4 heterocycles. The van der Waals surface area contributed by atoms with E-state index in [1.165, 1.54) is 6.07 Å². The maximum absolute atomic E-state index is 15.0. The van der Waals surface area contributed by atoms with Gasteiger partial charge in [0.1, 0.15) is 17.5 Å². The van der Waals surface area contributed by atoms with Gasteiger partial charge in [0.25, 0.3) is 5.92 Å². The molecule has 2 aliphatic rings. The second-order valence-electron chi connectivity index (χ2n) is 9.27. The standard InChI is InChI=1S/C26H25F3N6/c27-19-10-17(7-8-18(19)23-13-32-24(35-23)20-2-1-9-30-20)15-3-5-16(6-4-15)22-12-31-25(34-22)21-11-26(28,29)14-33-21/h3-8,10,12-13,20-21,30,33H,1-2,9,11,14H2,(H,31,34)(H,32,35)/t20-,21-/m0/s1. The van der Waals surface area contributed by atoms with Gasteiger partial charge in [-0.25, -0.2) is 23.1 Å². The van der Waals surface area contributed by atoms with E-state index in [0.29, 0.717) is 22.8 Å². The molecule has 0 radical (unpaired) electrons. The topological polar surface area (TPSA) is 81.4 Å². The van der Waals surface area contributed by atoms with E-state index in [9.17, 15) is 8.78 Å². The van der Waals surface area contributed by atoms with E-state index in [2.05, 4.69) is 30.6 Å². The van der Waals surface area contributed by atoms with Crippen LogP contribution in [0.5, 0.6) is 0 Å². The van der Waals surface area contributed by atoms with Gasteiger partial charge in [-0.15, -0.1) is 0 Å². The van der Waals surface area contributed by atoms with E-state index in [1.807, 2.05) is 30.3 Å². The monoisotopic (exact) mass is 478 g/mol. The minimum atomic E-state index is -2.71. The first-order valence-corrected chi connectivity index (χ1v) is 11.8. The van der Waals surface area contributed by atoms with Gasteiger partial charge in [-0.2, -0.15) is 0 Å². The molecular weight excluding hydrogens is 453 g/mol. The molecule has 0 amide bonds. The molecule has 6 rings (SSSR count). The third-order valence-electron chi connectivity index (χ3n) is 6.80. The van der Waals surface area contributed by atoms with Gasteiger partial charge in [0, 0.05) is 23.7 Å². The quantitative estimate of drug-likeness (QED) is 0.311. The van der Waals surface area contributed by atoms with Gasteiger partial charge in [-0.3, -0.25) is 0 Å². The van der Waals surface area contributed by atoms with E-state index in [0.717, 1.165) is 41.9 Å². The molecule has 180 valence electrons. The first-order chi connectivity index (χ1) is 16.9. The molecule has 2 aromatic heterocycles. The van der Waals surface area contributed by atoms with Gasteiger partial charge in [-0.1, -0.05) is 30.3 Å². The van der Waals surface area contributed by atoms with E-state index < -0.39 is 12.0 Å². The molecule has 35 heavy (non-hydrogen) atoms. The maximum atomic E-state index is 15.0. The lowest BCUT2D eigenvalue weighted by Crippen LogP contribution is -2.19. The van der Waals surface area contributed by atoms with Crippen LogP contribution in [0.3, 0.4) is 0 Å². The van der Waals surface area contributed by atoms with Gasteiger partial charge in [0.2, 0.25) is 0 Å². The van der Waals surface area contributed by atoms with Crippen LogP contribution < -0.4 is 10.6 Å². The summed E-state index contributed by atoms with van der Waals surface area (Å²) in [5.41, 5.74) is 4.30. The second kappa shape index (κ2) is 8.66.